The van der Waals surface area contributed by atoms with E-state index in [1.165, 1.54) is 5.69 Å². The lowest BCUT2D eigenvalue weighted by atomic mass is 9.92. The number of aliphatic hydroxyl groups excluding tert-OH is 1. The van der Waals surface area contributed by atoms with Crippen LogP contribution in [0.5, 0.6) is 0 Å². The van der Waals surface area contributed by atoms with Crippen LogP contribution < -0.4 is 10.2 Å². The van der Waals surface area contributed by atoms with Crippen LogP contribution in [0, 0.1) is 11.3 Å². The standard InChI is InChI=1S/C19H30N2O2/c1-19(2,3)12-18(23)20-13-15-4-6-17(7-5-15)21-10-8-16(14-22)9-11-21/h4-7,16,22H,8-14H2,1-3H3,(H,20,23). The fraction of sp³-hybridized carbons (Fsp3) is 0.632. The minimum absolute atomic E-state index is 0.0225. The smallest absolute Gasteiger partial charge is 0.220 e. The number of rotatable bonds is 5. The number of nitrogens with zero attached hydrogens (tertiary/aromatic N) is 1. The van der Waals surface area contributed by atoms with Gasteiger partial charge in [0.25, 0.3) is 0 Å². The largest absolute Gasteiger partial charge is 0.396 e. The third-order valence-electron chi connectivity index (χ3n) is 4.35. The molecule has 2 rings (SSSR count). The molecule has 0 bridgehead atoms. The van der Waals surface area contributed by atoms with E-state index in [9.17, 15) is 9.90 Å². The number of anilines is 1. The van der Waals surface area contributed by atoms with E-state index >= 15 is 0 Å². The molecular formula is C19H30N2O2. The molecular weight excluding hydrogens is 288 g/mol. The predicted octanol–water partition coefficient (Wildman–Crippen LogP) is 2.95. The molecule has 1 aromatic carbocycles. The molecule has 0 atom stereocenters. The third-order valence-corrected chi connectivity index (χ3v) is 4.35. The number of benzene rings is 1. The second-order valence-corrected chi connectivity index (χ2v) is 7.79. The number of hydrogen-bond acceptors (Lipinski definition) is 3. The first-order valence-corrected chi connectivity index (χ1v) is 8.59. The molecule has 4 nitrogen and oxygen atoms in total. The molecule has 23 heavy (non-hydrogen) atoms. The van der Waals surface area contributed by atoms with E-state index < -0.39 is 0 Å². The molecule has 1 aliphatic rings. The molecule has 0 aromatic heterocycles. The zero-order valence-electron chi connectivity index (χ0n) is 14.6. The molecule has 1 aromatic rings. The van der Waals surface area contributed by atoms with Gasteiger partial charge in [-0.15, -0.1) is 0 Å². The number of piperidine rings is 1. The van der Waals surface area contributed by atoms with Crippen molar-refractivity contribution in [3.8, 4) is 0 Å². The van der Waals surface area contributed by atoms with Gasteiger partial charge in [-0.05, 0) is 41.9 Å². The van der Waals surface area contributed by atoms with Crippen molar-refractivity contribution in [1.82, 2.24) is 5.32 Å². The van der Waals surface area contributed by atoms with Crippen LogP contribution >= 0.6 is 0 Å². The first kappa shape index (κ1) is 17.8. The highest BCUT2D eigenvalue weighted by molar-refractivity contribution is 5.76. The Hall–Kier alpha value is -1.55. The summed E-state index contributed by atoms with van der Waals surface area (Å²) >= 11 is 0. The predicted molar refractivity (Wildman–Crippen MR) is 94.4 cm³/mol. The van der Waals surface area contributed by atoms with Gasteiger partial charge in [-0.3, -0.25) is 4.79 Å². The maximum absolute atomic E-state index is 11.9. The molecule has 4 heteroatoms. The van der Waals surface area contributed by atoms with E-state index in [1.54, 1.807) is 0 Å². The van der Waals surface area contributed by atoms with Crippen molar-refractivity contribution in [2.24, 2.45) is 11.3 Å². The van der Waals surface area contributed by atoms with E-state index in [4.69, 9.17) is 0 Å². The Labute approximate surface area is 139 Å². The van der Waals surface area contributed by atoms with Crippen molar-refractivity contribution in [2.75, 3.05) is 24.6 Å². The number of carbonyl (C=O) groups excluding carboxylic acids is 1. The number of carbonyl (C=O) groups is 1. The molecule has 0 aliphatic carbocycles. The van der Waals surface area contributed by atoms with Gasteiger partial charge in [-0.2, -0.15) is 0 Å². The summed E-state index contributed by atoms with van der Waals surface area (Å²) in [4.78, 5) is 14.2. The Balaban J connectivity index is 1.82. The molecule has 1 heterocycles. The Morgan fingerprint density at radius 3 is 2.35 bits per heavy atom. The maximum atomic E-state index is 11.9. The second-order valence-electron chi connectivity index (χ2n) is 7.79. The monoisotopic (exact) mass is 318 g/mol. The highest BCUT2D eigenvalue weighted by Crippen LogP contribution is 2.23. The third kappa shape index (κ3) is 5.87. The van der Waals surface area contributed by atoms with Crippen LogP contribution in [0.25, 0.3) is 0 Å². The number of nitrogens with one attached hydrogen (secondary N) is 1. The Morgan fingerprint density at radius 1 is 1.22 bits per heavy atom. The van der Waals surface area contributed by atoms with E-state index in [0.717, 1.165) is 31.5 Å². The minimum Gasteiger partial charge on any atom is -0.396 e. The van der Waals surface area contributed by atoms with Gasteiger partial charge in [-0.25, -0.2) is 0 Å². The lowest BCUT2D eigenvalue weighted by Crippen LogP contribution is -2.34. The van der Waals surface area contributed by atoms with Crippen LogP contribution in [0.3, 0.4) is 0 Å². The van der Waals surface area contributed by atoms with Crippen molar-refractivity contribution < 1.29 is 9.90 Å². The lowest BCUT2D eigenvalue weighted by molar-refractivity contribution is -0.122. The Kier molecular flexibility index (Phi) is 6.05. The molecule has 1 aliphatic heterocycles. The number of aliphatic hydroxyl groups is 1. The van der Waals surface area contributed by atoms with Gasteiger partial charge < -0.3 is 15.3 Å². The summed E-state index contributed by atoms with van der Waals surface area (Å²) in [5, 5.41) is 12.2. The molecule has 1 amide bonds. The van der Waals surface area contributed by atoms with Crippen molar-refractivity contribution in [1.29, 1.82) is 0 Å². The summed E-state index contributed by atoms with van der Waals surface area (Å²) < 4.78 is 0. The highest BCUT2D eigenvalue weighted by Gasteiger charge is 2.18. The van der Waals surface area contributed by atoms with Gasteiger partial charge in [0.1, 0.15) is 0 Å². The van der Waals surface area contributed by atoms with Gasteiger partial charge in [0.2, 0.25) is 5.91 Å². The minimum atomic E-state index is 0.0225. The van der Waals surface area contributed by atoms with Crippen LogP contribution in [0.4, 0.5) is 5.69 Å². The SMILES string of the molecule is CC(C)(C)CC(=O)NCc1ccc(N2CCC(CO)CC2)cc1. The molecule has 1 fully saturated rings. The number of amides is 1. The summed E-state index contributed by atoms with van der Waals surface area (Å²) in [5.41, 5.74) is 2.38. The van der Waals surface area contributed by atoms with Gasteiger partial charge >= 0.3 is 0 Å². The van der Waals surface area contributed by atoms with Crippen LogP contribution in [0.1, 0.15) is 45.6 Å². The molecule has 0 spiro atoms. The van der Waals surface area contributed by atoms with E-state index in [-0.39, 0.29) is 11.3 Å². The van der Waals surface area contributed by atoms with Crippen LogP contribution in [-0.4, -0.2) is 30.7 Å². The lowest BCUT2D eigenvalue weighted by Gasteiger charge is -2.33. The van der Waals surface area contributed by atoms with Crippen molar-refractivity contribution >= 4 is 11.6 Å². The average Bonchev–Trinajstić information content (AvgIpc) is 2.52. The van der Waals surface area contributed by atoms with Gasteiger partial charge in [0, 0.05) is 38.3 Å². The van der Waals surface area contributed by atoms with Gasteiger partial charge in [0.05, 0.1) is 0 Å². The zero-order chi connectivity index (χ0) is 16.9. The molecule has 0 radical (unpaired) electrons. The van der Waals surface area contributed by atoms with E-state index in [1.807, 2.05) is 0 Å². The summed E-state index contributed by atoms with van der Waals surface area (Å²) in [7, 11) is 0. The summed E-state index contributed by atoms with van der Waals surface area (Å²) in [6, 6.07) is 8.44. The first-order chi connectivity index (χ1) is 10.9. The molecule has 1 saturated heterocycles. The Bertz CT molecular complexity index is 497. The molecule has 128 valence electrons. The fourth-order valence-corrected chi connectivity index (χ4v) is 2.94. The highest BCUT2D eigenvalue weighted by atomic mass is 16.3. The van der Waals surface area contributed by atoms with Gasteiger partial charge in [-0.1, -0.05) is 32.9 Å². The quantitative estimate of drug-likeness (QED) is 0.877. The Morgan fingerprint density at radius 2 is 1.83 bits per heavy atom. The molecule has 0 unspecified atom stereocenters. The molecule has 2 N–H and O–H groups in total. The normalized spacial score (nSPS) is 16.4. The summed E-state index contributed by atoms with van der Waals surface area (Å²) in [6.07, 6.45) is 2.66. The topological polar surface area (TPSA) is 52.6 Å². The zero-order valence-corrected chi connectivity index (χ0v) is 14.6. The van der Waals surface area contributed by atoms with E-state index in [0.29, 0.717) is 25.5 Å². The number of hydrogen-bond donors (Lipinski definition) is 2. The average molecular weight is 318 g/mol. The van der Waals surface area contributed by atoms with Crippen molar-refractivity contribution in [2.45, 2.75) is 46.6 Å². The summed E-state index contributed by atoms with van der Waals surface area (Å²) in [5.74, 6) is 0.566. The van der Waals surface area contributed by atoms with Crippen LogP contribution in [-0.2, 0) is 11.3 Å². The maximum Gasteiger partial charge on any atom is 0.220 e. The summed E-state index contributed by atoms with van der Waals surface area (Å²) in [6.45, 7) is 9.12. The van der Waals surface area contributed by atoms with Gasteiger partial charge in [0.15, 0.2) is 0 Å². The second kappa shape index (κ2) is 7.82. The van der Waals surface area contributed by atoms with Crippen molar-refractivity contribution in [3.63, 3.8) is 0 Å². The first-order valence-electron chi connectivity index (χ1n) is 8.59. The molecule has 0 saturated carbocycles. The van der Waals surface area contributed by atoms with Crippen LogP contribution in [0.15, 0.2) is 24.3 Å². The van der Waals surface area contributed by atoms with Crippen LogP contribution in [0.2, 0.25) is 0 Å². The van der Waals surface area contributed by atoms with E-state index in [2.05, 4.69) is 55.3 Å². The fourth-order valence-electron chi connectivity index (χ4n) is 2.94. The van der Waals surface area contributed by atoms with Crippen molar-refractivity contribution in [3.05, 3.63) is 29.8 Å².